The predicted octanol–water partition coefficient (Wildman–Crippen LogP) is 4.16. The number of nitrogens with zero attached hydrogens (tertiary/aromatic N) is 1. The summed E-state index contributed by atoms with van der Waals surface area (Å²) in [6.07, 6.45) is -0.918. The molecule has 0 saturated heterocycles. The Labute approximate surface area is 152 Å². The molecule has 4 aromatic rings. The lowest BCUT2D eigenvalue weighted by molar-refractivity contribution is 0.102. The van der Waals surface area contributed by atoms with E-state index >= 15 is 0 Å². The molecule has 0 bridgehead atoms. The highest BCUT2D eigenvalue weighted by molar-refractivity contribution is 7.20. The van der Waals surface area contributed by atoms with Crippen LogP contribution in [0.3, 0.4) is 0 Å². The van der Waals surface area contributed by atoms with Crippen molar-refractivity contribution in [3.63, 3.8) is 0 Å². The molecule has 3 aromatic carbocycles. The first-order valence-electron chi connectivity index (χ1n) is 7.76. The van der Waals surface area contributed by atoms with E-state index in [1.807, 2.05) is 42.5 Å². The third-order valence-corrected chi connectivity index (χ3v) is 4.72. The van der Waals surface area contributed by atoms with E-state index in [9.17, 15) is 9.59 Å². The number of nitrogens with two attached hydrogens (primary N) is 1. The van der Waals surface area contributed by atoms with Crippen molar-refractivity contribution in [1.82, 2.24) is 4.98 Å². The number of hydrogen-bond acceptors (Lipinski definition) is 5. The van der Waals surface area contributed by atoms with Gasteiger partial charge in [-0.05, 0) is 41.1 Å². The molecule has 0 spiro atoms. The molecule has 0 atom stereocenters. The van der Waals surface area contributed by atoms with Crippen LogP contribution in [-0.4, -0.2) is 17.0 Å². The Morgan fingerprint density at radius 3 is 2.62 bits per heavy atom. The second kappa shape index (κ2) is 6.45. The summed E-state index contributed by atoms with van der Waals surface area (Å²) in [6.45, 7) is 0. The summed E-state index contributed by atoms with van der Waals surface area (Å²) in [5, 5.41) is 5.21. The highest BCUT2D eigenvalue weighted by atomic mass is 32.1. The predicted molar refractivity (Wildman–Crippen MR) is 102 cm³/mol. The van der Waals surface area contributed by atoms with E-state index in [-0.39, 0.29) is 11.1 Å². The number of carbonyl (C=O) groups is 2. The van der Waals surface area contributed by atoms with Crippen LogP contribution in [0.5, 0.6) is 5.19 Å². The van der Waals surface area contributed by atoms with E-state index in [0.717, 1.165) is 32.5 Å². The fraction of sp³-hybridized carbons (Fsp3) is 0. The molecule has 0 aliphatic heterocycles. The third kappa shape index (κ3) is 3.20. The average molecular weight is 363 g/mol. The minimum Gasteiger partial charge on any atom is -0.381 e. The zero-order valence-corrected chi connectivity index (χ0v) is 14.2. The molecule has 26 heavy (non-hydrogen) atoms. The van der Waals surface area contributed by atoms with Gasteiger partial charge >= 0.3 is 6.09 Å². The van der Waals surface area contributed by atoms with Gasteiger partial charge in [0.25, 0.3) is 11.1 Å². The summed E-state index contributed by atoms with van der Waals surface area (Å²) in [5.41, 5.74) is 6.83. The van der Waals surface area contributed by atoms with E-state index in [1.165, 1.54) is 0 Å². The Bertz CT molecular complexity index is 1150. The van der Waals surface area contributed by atoms with Gasteiger partial charge in [-0.3, -0.25) is 4.79 Å². The normalized spacial score (nSPS) is 10.8. The number of primary amides is 1. The number of rotatable bonds is 3. The molecular formula is C19H13N3O3S. The molecule has 3 N–H and O–H groups in total. The molecule has 0 radical (unpaired) electrons. The maximum atomic E-state index is 12.5. The smallest absolute Gasteiger partial charge is 0.381 e. The standard InChI is InChI=1S/C19H13N3O3S/c20-18(24)25-19-22-15-8-6-13(10-16(15)26-19)17(23)21-14-7-5-11-3-1-2-4-12(11)9-14/h1-10H,(H2,20,24)(H,21,23). The number of ether oxygens (including phenoxy) is 1. The van der Waals surface area contributed by atoms with Crippen molar-refractivity contribution < 1.29 is 14.3 Å². The number of anilines is 1. The summed E-state index contributed by atoms with van der Waals surface area (Å²) < 4.78 is 5.51. The largest absolute Gasteiger partial charge is 0.411 e. The van der Waals surface area contributed by atoms with Crippen LogP contribution in [0.15, 0.2) is 60.7 Å². The second-order valence-electron chi connectivity index (χ2n) is 5.60. The number of carbonyl (C=O) groups excluding carboxylic acids is 2. The van der Waals surface area contributed by atoms with Crippen LogP contribution in [0, 0.1) is 0 Å². The van der Waals surface area contributed by atoms with Crippen LogP contribution < -0.4 is 15.8 Å². The molecule has 1 aromatic heterocycles. The number of benzene rings is 3. The number of nitrogens with one attached hydrogen (secondary N) is 1. The Morgan fingerprint density at radius 1 is 1.00 bits per heavy atom. The van der Waals surface area contributed by atoms with Gasteiger partial charge in [-0.15, -0.1) is 0 Å². The fourth-order valence-electron chi connectivity index (χ4n) is 2.64. The molecule has 4 rings (SSSR count). The Kier molecular flexibility index (Phi) is 3.98. The van der Waals surface area contributed by atoms with Gasteiger partial charge in [-0.1, -0.05) is 41.7 Å². The van der Waals surface area contributed by atoms with Gasteiger partial charge in [0.1, 0.15) is 0 Å². The Hall–Kier alpha value is -3.45. The van der Waals surface area contributed by atoms with Crippen LogP contribution in [0.1, 0.15) is 10.4 Å². The Balaban J connectivity index is 1.59. The number of aromatic nitrogens is 1. The molecule has 6 nitrogen and oxygen atoms in total. The lowest BCUT2D eigenvalue weighted by Crippen LogP contribution is -2.15. The van der Waals surface area contributed by atoms with Crippen LogP contribution in [0.4, 0.5) is 10.5 Å². The number of hydrogen-bond donors (Lipinski definition) is 2. The third-order valence-electron chi connectivity index (χ3n) is 3.83. The van der Waals surface area contributed by atoms with Crippen molar-refractivity contribution in [2.24, 2.45) is 5.73 Å². The maximum absolute atomic E-state index is 12.5. The number of amides is 2. The maximum Gasteiger partial charge on any atom is 0.411 e. The highest BCUT2D eigenvalue weighted by Crippen LogP contribution is 2.29. The molecule has 7 heteroatoms. The first-order chi connectivity index (χ1) is 12.6. The van der Waals surface area contributed by atoms with Crippen molar-refractivity contribution in [2.45, 2.75) is 0 Å². The van der Waals surface area contributed by atoms with Crippen molar-refractivity contribution in [1.29, 1.82) is 0 Å². The van der Waals surface area contributed by atoms with Crippen molar-refractivity contribution >= 4 is 50.0 Å². The van der Waals surface area contributed by atoms with Gasteiger partial charge in [0.2, 0.25) is 0 Å². The first-order valence-corrected chi connectivity index (χ1v) is 8.58. The summed E-state index contributed by atoms with van der Waals surface area (Å²) in [7, 11) is 0. The average Bonchev–Trinajstić information content (AvgIpc) is 3.02. The minimum absolute atomic E-state index is 0.152. The van der Waals surface area contributed by atoms with Gasteiger partial charge in [0, 0.05) is 11.3 Å². The zero-order valence-electron chi connectivity index (χ0n) is 13.4. The van der Waals surface area contributed by atoms with Gasteiger partial charge in [0.15, 0.2) is 0 Å². The molecule has 1 heterocycles. The van der Waals surface area contributed by atoms with Crippen LogP contribution in [0.2, 0.25) is 0 Å². The topological polar surface area (TPSA) is 94.3 Å². The quantitative estimate of drug-likeness (QED) is 0.571. The summed E-state index contributed by atoms with van der Waals surface area (Å²) in [4.78, 5) is 27.5. The van der Waals surface area contributed by atoms with E-state index in [2.05, 4.69) is 10.3 Å². The highest BCUT2D eigenvalue weighted by Gasteiger charge is 2.12. The van der Waals surface area contributed by atoms with E-state index in [4.69, 9.17) is 10.5 Å². The van der Waals surface area contributed by atoms with E-state index < -0.39 is 6.09 Å². The molecule has 128 valence electrons. The molecule has 2 amide bonds. The van der Waals surface area contributed by atoms with E-state index in [0.29, 0.717) is 11.1 Å². The molecule has 0 saturated carbocycles. The van der Waals surface area contributed by atoms with Gasteiger partial charge < -0.3 is 15.8 Å². The molecule has 0 unspecified atom stereocenters. The molecule has 0 aliphatic rings. The number of fused-ring (bicyclic) bond motifs is 2. The van der Waals surface area contributed by atoms with E-state index in [1.54, 1.807) is 18.2 Å². The zero-order chi connectivity index (χ0) is 18.1. The minimum atomic E-state index is -0.918. The summed E-state index contributed by atoms with van der Waals surface area (Å²) in [6, 6.07) is 18.8. The summed E-state index contributed by atoms with van der Waals surface area (Å²) >= 11 is 1.15. The molecule has 0 fully saturated rings. The Morgan fingerprint density at radius 2 is 1.81 bits per heavy atom. The van der Waals surface area contributed by atoms with Crippen molar-refractivity contribution in [3.05, 3.63) is 66.2 Å². The van der Waals surface area contributed by atoms with Gasteiger partial charge in [-0.2, -0.15) is 0 Å². The monoisotopic (exact) mass is 363 g/mol. The van der Waals surface area contributed by atoms with Crippen LogP contribution >= 0.6 is 11.3 Å². The number of thiazole rings is 1. The molecule has 0 aliphatic carbocycles. The van der Waals surface area contributed by atoms with Crippen molar-refractivity contribution in [2.75, 3.05) is 5.32 Å². The summed E-state index contributed by atoms with van der Waals surface area (Å²) in [5.74, 6) is -0.229. The molecular weight excluding hydrogens is 350 g/mol. The SMILES string of the molecule is NC(=O)Oc1nc2ccc(C(=O)Nc3ccc4ccccc4c3)cc2s1. The second-order valence-corrected chi connectivity index (χ2v) is 6.59. The fourth-order valence-corrected chi connectivity index (χ4v) is 3.50. The van der Waals surface area contributed by atoms with Gasteiger partial charge in [0.05, 0.1) is 10.2 Å². The lowest BCUT2D eigenvalue weighted by atomic mass is 10.1. The van der Waals surface area contributed by atoms with Crippen LogP contribution in [0.25, 0.3) is 21.0 Å². The van der Waals surface area contributed by atoms with Gasteiger partial charge in [-0.25, -0.2) is 9.78 Å². The van der Waals surface area contributed by atoms with Crippen LogP contribution in [-0.2, 0) is 0 Å². The van der Waals surface area contributed by atoms with Crippen molar-refractivity contribution in [3.8, 4) is 5.19 Å². The first kappa shape index (κ1) is 16.0. The lowest BCUT2D eigenvalue weighted by Gasteiger charge is -2.06.